The summed E-state index contributed by atoms with van der Waals surface area (Å²) in [5, 5.41) is 16.6. The Morgan fingerprint density at radius 1 is 0.941 bits per heavy atom. The lowest BCUT2D eigenvalue weighted by molar-refractivity contribution is -0.129. The topological polar surface area (TPSA) is 119 Å². The number of para-hydroxylation sites is 1. The van der Waals surface area contributed by atoms with Crippen LogP contribution in [0.3, 0.4) is 0 Å². The molecule has 2 amide bonds. The van der Waals surface area contributed by atoms with E-state index in [0.29, 0.717) is 6.42 Å². The Labute approximate surface area is 197 Å². The van der Waals surface area contributed by atoms with E-state index in [-0.39, 0.29) is 46.9 Å². The number of rotatable bonds is 9. The Hall–Kier alpha value is -4.14. The monoisotopic (exact) mass is 464 g/mol. The van der Waals surface area contributed by atoms with E-state index in [2.05, 4.69) is 10.6 Å². The molecular formula is C25H28N4O5. The van der Waals surface area contributed by atoms with Crippen molar-refractivity contribution in [3.05, 3.63) is 80.1 Å². The van der Waals surface area contributed by atoms with Crippen molar-refractivity contribution in [3.63, 3.8) is 0 Å². The Morgan fingerprint density at radius 3 is 2.21 bits per heavy atom. The van der Waals surface area contributed by atoms with Crippen LogP contribution in [-0.2, 0) is 4.79 Å². The van der Waals surface area contributed by atoms with Crippen LogP contribution in [0.5, 0.6) is 5.75 Å². The third-order valence-electron chi connectivity index (χ3n) is 5.58. The number of phenolic OH excluding ortho intramolecular Hbond substituents is 1. The number of benzene rings is 2. The molecule has 0 aliphatic heterocycles. The van der Waals surface area contributed by atoms with E-state index in [0.717, 1.165) is 5.56 Å². The molecule has 3 aromatic carbocycles. The molecule has 0 aliphatic carbocycles. The first-order valence-corrected chi connectivity index (χ1v) is 10.8. The molecule has 0 unspecified atom stereocenters. The maximum Gasteiger partial charge on any atom is 0.257 e. The van der Waals surface area contributed by atoms with Gasteiger partial charge in [-0.2, -0.15) is 0 Å². The van der Waals surface area contributed by atoms with Crippen LogP contribution in [0.4, 0.5) is 17.1 Å². The van der Waals surface area contributed by atoms with E-state index in [9.17, 15) is 24.3 Å². The molecule has 178 valence electrons. The van der Waals surface area contributed by atoms with Gasteiger partial charge in [0.05, 0.1) is 23.8 Å². The van der Waals surface area contributed by atoms with Crippen LogP contribution >= 0.6 is 0 Å². The minimum atomic E-state index is -0.713. The van der Waals surface area contributed by atoms with Crippen LogP contribution in [-0.4, -0.2) is 54.4 Å². The summed E-state index contributed by atoms with van der Waals surface area (Å²) in [5.74, 6) is -1.21. The first-order chi connectivity index (χ1) is 16.1. The highest BCUT2D eigenvalue weighted by atomic mass is 16.3. The number of nitrogens with one attached hydrogen (secondary N) is 2. The second-order valence-corrected chi connectivity index (χ2v) is 8.20. The van der Waals surface area contributed by atoms with E-state index < -0.39 is 16.8 Å². The van der Waals surface area contributed by atoms with Gasteiger partial charge >= 0.3 is 0 Å². The summed E-state index contributed by atoms with van der Waals surface area (Å²) in [6.45, 7) is 1.80. The number of aromatic hydroxyl groups is 1. The average Bonchev–Trinajstić information content (AvgIpc) is 2.84. The number of likely N-dealkylation sites (N-methyl/N-ethyl adjacent to an activating group) is 2. The molecule has 0 fully saturated rings. The van der Waals surface area contributed by atoms with E-state index in [4.69, 9.17) is 0 Å². The van der Waals surface area contributed by atoms with Gasteiger partial charge in [-0.1, -0.05) is 43.3 Å². The lowest BCUT2D eigenvalue weighted by atomic mass is 10.0. The molecule has 1 atom stereocenters. The molecule has 3 aromatic rings. The minimum Gasteiger partial charge on any atom is -0.505 e. The predicted molar refractivity (Wildman–Crippen MR) is 131 cm³/mol. The van der Waals surface area contributed by atoms with Gasteiger partial charge in [-0.15, -0.1) is 0 Å². The Kier molecular flexibility index (Phi) is 7.35. The number of anilines is 3. The van der Waals surface area contributed by atoms with Crippen molar-refractivity contribution < 1.29 is 14.7 Å². The highest BCUT2D eigenvalue weighted by Gasteiger charge is 2.26. The van der Waals surface area contributed by atoms with Crippen molar-refractivity contribution in [2.75, 3.05) is 38.3 Å². The molecular weight excluding hydrogens is 436 g/mol. The molecule has 0 saturated heterocycles. The van der Waals surface area contributed by atoms with Gasteiger partial charge in [0.15, 0.2) is 5.75 Å². The quantitative estimate of drug-likeness (QED) is 0.329. The molecule has 0 aliphatic rings. The molecule has 0 saturated carbocycles. The first-order valence-electron chi connectivity index (χ1n) is 10.8. The van der Waals surface area contributed by atoms with Gasteiger partial charge in [-0.05, 0) is 24.1 Å². The number of carbonyl (C=O) groups is 2. The van der Waals surface area contributed by atoms with E-state index in [1.54, 1.807) is 14.1 Å². The molecule has 0 spiro atoms. The summed E-state index contributed by atoms with van der Waals surface area (Å²) in [5.41, 5.74) is -0.180. The summed E-state index contributed by atoms with van der Waals surface area (Å²) in [6, 6.07) is 13.8. The number of nitrogens with zero attached hydrogens (tertiary/aromatic N) is 2. The molecule has 34 heavy (non-hydrogen) atoms. The van der Waals surface area contributed by atoms with Gasteiger partial charge in [0.25, 0.3) is 16.8 Å². The lowest BCUT2D eigenvalue weighted by Crippen LogP contribution is -2.38. The zero-order valence-corrected chi connectivity index (χ0v) is 19.6. The fraction of sp³-hybridized carbons (Fsp3) is 0.280. The summed E-state index contributed by atoms with van der Waals surface area (Å²) >= 11 is 0. The maximum absolute atomic E-state index is 12.8. The second kappa shape index (κ2) is 10.2. The van der Waals surface area contributed by atoms with Gasteiger partial charge in [-0.25, -0.2) is 0 Å². The number of hydrogen-bond acceptors (Lipinski definition) is 7. The second-order valence-electron chi connectivity index (χ2n) is 8.20. The van der Waals surface area contributed by atoms with Crippen LogP contribution in [0.25, 0.3) is 0 Å². The summed E-state index contributed by atoms with van der Waals surface area (Å²) in [6.07, 6.45) is 0.676. The highest BCUT2D eigenvalue weighted by Crippen LogP contribution is 2.33. The Morgan fingerprint density at radius 2 is 1.59 bits per heavy atom. The summed E-state index contributed by atoms with van der Waals surface area (Å²) in [4.78, 5) is 51.8. The van der Waals surface area contributed by atoms with Crippen LogP contribution in [0.15, 0.2) is 58.1 Å². The number of carbonyl (C=O) groups excluding carboxylic acids is 2. The van der Waals surface area contributed by atoms with E-state index in [1.165, 1.54) is 35.0 Å². The molecule has 9 heteroatoms. The smallest absolute Gasteiger partial charge is 0.257 e. The van der Waals surface area contributed by atoms with Crippen LogP contribution in [0, 0.1) is 0 Å². The molecule has 9 nitrogen and oxygen atoms in total. The van der Waals surface area contributed by atoms with Gasteiger partial charge in [0, 0.05) is 21.1 Å². The largest absolute Gasteiger partial charge is 0.505 e. The summed E-state index contributed by atoms with van der Waals surface area (Å²) < 4.78 is 0. The van der Waals surface area contributed by atoms with Crippen molar-refractivity contribution in [1.29, 1.82) is 0 Å². The molecule has 3 rings (SSSR count). The first kappa shape index (κ1) is 24.5. The average molecular weight is 465 g/mol. The van der Waals surface area contributed by atoms with Gasteiger partial charge in [0.1, 0.15) is 11.4 Å². The maximum atomic E-state index is 12.8. The van der Waals surface area contributed by atoms with Crippen molar-refractivity contribution in [2.24, 2.45) is 0 Å². The zero-order chi connectivity index (χ0) is 25.0. The number of amides is 2. The normalized spacial score (nSPS) is 11.6. The third-order valence-corrected chi connectivity index (χ3v) is 5.58. The fourth-order valence-electron chi connectivity index (χ4n) is 3.50. The summed E-state index contributed by atoms with van der Waals surface area (Å²) in [7, 11) is 4.62. The number of phenols is 1. The SMILES string of the molecule is CC[C@@H](Nc1c(Nc2cccc(C(=O)N(C)CC(=O)N(C)C)c2O)c(=O)c1=O)c1ccccc1. The van der Waals surface area contributed by atoms with Crippen LogP contribution < -0.4 is 21.5 Å². The fourth-order valence-corrected chi connectivity index (χ4v) is 3.50. The van der Waals surface area contributed by atoms with Gasteiger partial charge in [-0.3, -0.25) is 19.2 Å². The standard InChI is InChI=1S/C25H28N4O5/c1-5-17(15-10-7-6-8-11-15)26-20-21(24(33)23(20)32)27-18-13-9-12-16(22(18)31)25(34)29(4)14-19(30)28(2)3/h6-13,17,26-27,31H,5,14H2,1-4H3/t17-/m1/s1. The lowest BCUT2D eigenvalue weighted by Gasteiger charge is -2.23. The van der Waals surface area contributed by atoms with Crippen molar-refractivity contribution in [1.82, 2.24) is 9.80 Å². The Bertz CT molecular complexity index is 1260. The van der Waals surface area contributed by atoms with Crippen LogP contribution in [0.2, 0.25) is 0 Å². The van der Waals surface area contributed by atoms with Crippen LogP contribution in [0.1, 0.15) is 35.3 Å². The molecule has 0 radical (unpaired) electrons. The molecule has 0 heterocycles. The van der Waals surface area contributed by atoms with Crippen molar-refractivity contribution in [3.8, 4) is 5.75 Å². The molecule has 0 bridgehead atoms. The van der Waals surface area contributed by atoms with Gasteiger partial charge in [0.2, 0.25) is 5.91 Å². The molecule has 3 N–H and O–H groups in total. The van der Waals surface area contributed by atoms with Crippen molar-refractivity contribution in [2.45, 2.75) is 19.4 Å². The number of hydrogen-bond donors (Lipinski definition) is 3. The minimum absolute atomic E-state index is 0.0235. The van der Waals surface area contributed by atoms with Crippen molar-refractivity contribution >= 4 is 28.9 Å². The van der Waals surface area contributed by atoms with E-state index >= 15 is 0 Å². The predicted octanol–water partition coefficient (Wildman–Crippen LogP) is 2.46. The highest BCUT2D eigenvalue weighted by molar-refractivity contribution is 6.00. The Balaban J connectivity index is 1.84. The molecule has 0 aromatic heterocycles. The zero-order valence-electron chi connectivity index (χ0n) is 19.6. The van der Waals surface area contributed by atoms with E-state index in [1.807, 2.05) is 37.3 Å². The third kappa shape index (κ3) is 4.93. The van der Waals surface area contributed by atoms with Gasteiger partial charge < -0.3 is 25.5 Å².